The lowest BCUT2D eigenvalue weighted by molar-refractivity contribution is -0.123. The van der Waals surface area contributed by atoms with E-state index >= 15 is 0 Å². The molecule has 33 heavy (non-hydrogen) atoms. The Bertz CT molecular complexity index is 1350. The molecular formula is C25H16Cl2N2O3S. The van der Waals surface area contributed by atoms with Crippen LogP contribution in [0.25, 0.3) is 6.08 Å². The highest BCUT2D eigenvalue weighted by atomic mass is 35.5. The summed E-state index contributed by atoms with van der Waals surface area (Å²) in [5, 5.41) is 2.45. The van der Waals surface area contributed by atoms with Gasteiger partial charge in [0, 0.05) is 11.2 Å². The SMILES string of the molecule is O=C(c1cccs1)[C@@H]1[C@@H]2C(=O)N(c3cc(Cl)ccc3Cl)C(=O)[C@@H]2[C@H]2c3ccccc3C=CN12. The highest BCUT2D eigenvalue weighted by molar-refractivity contribution is 7.12. The molecule has 3 aliphatic rings. The minimum Gasteiger partial charge on any atom is -0.358 e. The van der Waals surface area contributed by atoms with Crippen LogP contribution in [0.4, 0.5) is 5.69 Å². The van der Waals surface area contributed by atoms with Crippen LogP contribution < -0.4 is 4.90 Å². The zero-order valence-electron chi connectivity index (χ0n) is 17.0. The van der Waals surface area contributed by atoms with Crippen molar-refractivity contribution in [2.45, 2.75) is 12.1 Å². The van der Waals surface area contributed by atoms with E-state index in [9.17, 15) is 14.4 Å². The molecule has 0 radical (unpaired) electrons. The molecule has 164 valence electrons. The van der Waals surface area contributed by atoms with Gasteiger partial charge in [-0.2, -0.15) is 0 Å². The maximum atomic E-state index is 13.8. The molecule has 0 aliphatic carbocycles. The van der Waals surface area contributed by atoms with E-state index in [-0.39, 0.29) is 22.4 Å². The van der Waals surface area contributed by atoms with Crippen molar-refractivity contribution in [3.8, 4) is 0 Å². The lowest BCUT2D eigenvalue weighted by Crippen LogP contribution is -2.44. The van der Waals surface area contributed by atoms with Gasteiger partial charge in [-0.25, -0.2) is 4.90 Å². The van der Waals surface area contributed by atoms with Gasteiger partial charge in [0.2, 0.25) is 11.8 Å². The monoisotopic (exact) mass is 494 g/mol. The molecule has 2 fully saturated rings. The Balaban J connectivity index is 1.52. The Morgan fingerprint density at radius 2 is 1.73 bits per heavy atom. The number of carbonyl (C=O) groups is 3. The van der Waals surface area contributed by atoms with Gasteiger partial charge in [0.25, 0.3) is 0 Å². The number of anilines is 1. The fourth-order valence-corrected chi connectivity index (χ4v) is 6.38. The number of hydrogen-bond acceptors (Lipinski definition) is 5. The van der Waals surface area contributed by atoms with Crippen molar-refractivity contribution in [3.63, 3.8) is 0 Å². The van der Waals surface area contributed by atoms with Crippen molar-refractivity contribution in [3.05, 3.63) is 92.2 Å². The number of halogens is 2. The first-order valence-corrected chi connectivity index (χ1v) is 12.1. The van der Waals surface area contributed by atoms with Gasteiger partial charge in [-0.15, -0.1) is 11.3 Å². The lowest BCUT2D eigenvalue weighted by atomic mass is 9.84. The Morgan fingerprint density at radius 3 is 2.52 bits per heavy atom. The minimum absolute atomic E-state index is 0.160. The van der Waals surface area contributed by atoms with Crippen LogP contribution in [0.2, 0.25) is 10.0 Å². The van der Waals surface area contributed by atoms with Gasteiger partial charge in [-0.1, -0.05) is 53.5 Å². The number of benzene rings is 2. The van der Waals surface area contributed by atoms with Crippen molar-refractivity contribution < 1.29 is 14.4 Å². The lowest BCUT2D eigenvalue weighted by Gasteiger charge is -2.35. The third-order valence-electron chi connectivity index (χ3n) is 6.64. The zero-order chi connectivity index (χ0) is 22.9. The number of ketones is 1. The van der Waals surface area contributed by atoms with Crippen LogP contribution in [-0.4, -0.2) is 28.5 Å². The molecule has 2 aromatic carbocycles. The summed E-state index contributed by atoms with van der Waals surface area (Å²) >= 11 is 13.9. The highest BCUT2D eigenvalue weighted by Crippen LogP contribution is 2.54. The molecule has 1 aromatic heterocycles. The van der Waals surface area contributed by atoms with Crippen LogP contribution in [0.15, 0.2) is 66.2 Å². The van der Waals surface area contributed by atoms with Crippen molar-refractivity contribution >= 4 is 63.9 Å². The summed E-state index contributed by atoms with van der Waals surface area (Å²) in [5.74, 6) is -2.50. The second-order valence-electron chi connectivity index (χ2n) is 8.28. The zero-order valence-corrected chi connectivity index (χ0v) is 19.3. The summed E-state index contributed by atoms with van der Waals surface area (Å²) in [6.07, 6.45) is 3.78. The summed E-state index contributed by atoms with van der Waals surface area (Å²) in [4.78, 5) is 44.8. The van der Waals surface area contributed by atoms with E-state index in [1.165, 1.54) is 17.4 Å². The third-order valence-corrected chi connectivity index (χ3v) is 8.08. The van der Waals surface area contributed by atoms with Gasteiger partial charge in [-0.05, 0) is 46.8 Å². The summed E-state index contributed by atoms with van der Waals surface area (Å²) in [6, 6.07) is 14.8. The molecule has 0 bridgehead atoms. The molecule has 4 heterocycles. The van der Waals surface area contributed by atoms with Gasteiger partial charge < -0.3 is 4.90 Å². The van der Waals surface area contributed by atoms with E-state index in [1.807, 2.05) is 52.9 Å². The van der Waals surface area contributed by atoms with Crippen molar-refractivity contribution in [2.75, 3.05) is 4.90 Å². The standard InChI is InChI=1S/C25H16Cl2N2O3S/c26-14-7-8-16(27)17(12-14)29-24(31)19-20(25(29)32)22(23(30)18-6-3-11-33-18)28-10-9-13-4-1-2-5-15(13)21(19)28/h1-12,19-22H/t19-,20+,21+,22-/m0/s1. The number of rotatable bonds is 3. The molecule has 0 N–H and O–H groups in total. The van der Waals surface area contributed by atoms with Gasteiger partial charge in [-0.3, -0.25) is 14.4 Å². The average molecular weight is 495 g/mol. The first kappa shape index (κ1) is 20.7. The molecule has 2 amide bonds. The highest BCUT2D eigenvalue weighted by Gasteiger charge is 2.64. The quantitative estimate of drug-likeness (QED) is 0.358. The third kappa shape index (κ3) is 2.94. The summed E-state index contributed by atoms with van der Waals surface area (Å²) in [7, 11) is 0. The number of fused-ring (bicyclic) bond motifs is 5. The fraction of sp³-hybridized carbons (Fsp3) is 0.160. The normalized spacial score (nSPS) is 25.3. The van der Waals surface area contributed by atoms with Crippen LogP contribution >= 0.6 is 34.5 Å². The predicted octanol–water partition coefficient (Wildman–Crippen LogP) is 5.45. The van der Waals surface area contributed by atoms with E-state index in [2.05, 4.69) is 0 Å². The molecule has 6 rings (SSSR count). The molecule has 0 saturated carbocycles. The Hall–Kier alpha value is -2.93. The maximum absolute atomic E-state index is 13.8. The number of imide groups is 1. The number of carbonyl (C=O) groups excluding carboxylic acids is 3. The first-order chi connectivity index (χ1) is 16.0. The van der Waals surface area contributed by atoms with Crippen molar-refractivity contribution in [2.24, 2.45) is 11.8 Å². The van der Waals surface area contributed by atoms with Gasteiger partial charge in [0.1, 0.15) is 6.04 Å². The van der Waals surface area contributed by atoms with Crippen LogP contribution in [0, 0.1) is 11.8 Å². The summed E-state index contributed by atoms with van der Waals surface area (Å²) in [6.45, 7) is 0. The van der Waals surface area contributed by atoms with Crippen LogP contribution in [0.1, 0.15) is 26.8 Å². The van der Waals surface area contributed by atoms with Gasteiger partial charge >= 0.3 is 0 Å². The molecular weight excluding hydrogens is 479 g/mol. The second-order valence-corrected chi connectivity index (χ2v) is 10.1. The number of hydrogen-bond donors (Lipinski definition) is 0. The summed E-state index contributed by atoms with van der Waals surface area (Å²) < 4.78 is 0. The number of nitrogens with zero attached hydrogens (tertiary/aromatic N) is 2. The maximum Gasteiger partial charge on any atom is 0.240 e. The number of amides is 2. The van der Waals surface area contributed by atoms with Gasteiger partial charge in [0.15, 0.2) is 5.78 Å². The molecule has 0 spiro atoms. The van der Waals surface area contributed by atoms with E-state index < -0.39 is 29.8 Å². The second kappa shape index (κ2) is 7.55. The topological polar surface area (TPSA) is 57.7 Å². The predicted molar refractivity (Wildman–Crippen MR) is 128 cm³/mol. The molecule has 4 atom stereocenters. The van der Waals surface area contributed by atoms with Crippen molar-refractivity contribution in [1.82, 2.24) is 4.90 Å². The number of Topliss-reactive ketones (excluding diaryl/α,β-unsaturated/α-hetero) is 1. The molecule has 0 unspecified atom stereocenters. The molecule has 3 aromatic rings. The molecule has 3 aliphatic heterocycles. The van der Waals surface area contributed by atoms with E-state index in [4.69, 9.17) is 23.2 Å². The van der Waals surface area contributed by atoms with Crippen LogP contribution in [-0.2, 0) is 9.59 Å². The van der Waals surface area contributed by atoms with Crippen LogP contribution in [0.3, 0.4) is 0 Å². The molecule has 8 heteroatoms. The molecule has 5 nitrogen and oxygen atoms in total. The van der Waals surface area contributed by atoms with Crippen LogP contribution in [0.5, 0.6) is 0 Å². The fourth-order valence-electron chi connectivity index (χ4n) is 5.32. The Kier molecular flexibility index (Phi) is 4.73. The van der Waals surface area contributed by atoms with E-state index in [1.54, 1.807) is 18.2 Å². The largest absolute Gasteiger partial charge is 0.358 e. The minimum atomic E-state index is -0.831. The van der Waals surface area contributed by atoms with Crippen molar-refractivity contribution in [1.29, 1.82) is 0 Å². The average Bonchev–Trinajstić information content (AvgIpc) is 3.52. The Labute approximate surface area is 203 Å². The summed E-state index contributed by atoms with van der Waals surface area (Å²) in [5.41, 5.74) is 2.15. The van der Waals surface area contributed by atoms with Gasteiger partial charge in [0.05, 0.1) is 33.5 Å². The van der Waals surface area contributed by atoms with E-state index in [0.717, 1.165) is 16.0 Å². The Morgan fingerprint density at radius 1 is 0.939 bits per heavy atom. The first-order valence-electron chi connectivity index (χ1n) is 10.4. The number of thiophene rings is 1. The van der Waals surface area contributed by atoms with E-state index in [0.29, 0.717) is 9.90 Å². The smallest absolute Gasteiger partial charge is 0.240 e. The molecule has 2 saturated heterocycles.